The Labute approximate surface area is 200 Å². The predicted molar refractivity (Wildman–Crippen MR) is 126 cm³/mol. The van der Waals surface area contributed by atoms with Crippen LogP contribution in [0.25, 0.3) is 11.0 Å². The second-order valence-corrected chi connectivity index (χ2v) is 7.99. The predicted octanol–water partition coefficient (Wildman–Crippen LogP) is 3.72. The summed E-state index contributed by atoms with van der Waals surface area (Å²) in [5.41, 5.74) is 4.20. The van der Waals surface area contributed by atoms with Crippen molar-refractivity contribution in [2.45, 2.75) is 33.9 Å². The molecule has 0 aliphatic carbocycles. The lowest BCUT2D eigenvalue weighted by molar-refractivity contribution is -0.119. The van der Waals surface area contributed by atoms with E-state index in [2.05, 4.69) is 21.7 Å². The highest BCUT2D eigenvalue weighted by atomic mass is 19.1. The Morgan fingerprint density at radius 3 is 2.60 bits per heavy atom. The number of fused-ring (bicyclic) bond motifs is 1. The fourth-order valence-corrected chi connectivity index (χ4v) is 3.82. The van der Waals surface area contributed by atoms with Gasteiger partial charge in [0.2, 0.25) is 0 Å². The number of halogens is 1. The molecule has 2 aromatic carbocycles. The average molecular weight is 474 g/mol. The van der Waals surface area contributed by atoms with E-state index in [9.17, 15) is 19.2 Å². The van der Waals surface area contributed by atoms with Gasteiger partial charge in [0, 0.05) is 18.8 Å². The molecule has 0 aliphatic rings. The van der Waals surface area contributed by atoms with Crippen LogP contribution in [0.2, 0.25) is 0 Å². The van der Waals surface area contributed by atoms with Crippen LogP contribution < -0.4 is 5.32 Å². The zero-order chi connectivity index (χ0) is 25.1. The fourth-order valence-electron chi connectivity index (χ4n) is 3.82. The standard InChI is InChI=1S/C25H23FN6O3/c1-4-32-22-10-7-18(11-21(22)29-30-32)25(34)35-14-23(33)28-24-20(12-27)15(2)16(3)31(24)13-17-5-8-19(26)9-6-17/h5-11H,4,13-14H2,1-3H3,(H,28,33). The van der Waals surface area contributed by atoms with Crippen LogP contribution in [0.1, 0.15) is 39.7 Å². The summed E-state index contributed by atoms with van der Waals surface area (Å²) in [4.78, 5) is 25.1. The number of rotatable bonds is 7. The van der Waals surface area contributed by atoms with Gasteiger partial charge in [0.1, 0.15) is 23.2 Å². The van der Waals surface area contributed by atoms with Gasteiger partial charge < -0.3 is 14.6 Å². The molecule has 9 nitrogen and oxygen atoms in total. The summed E-state index contributed by atoms with van der Waals surface area (Å²) in [6.45, 7) is 5.99. The highest BCUT2D eigenvalue weighted by Gasteiger charge is 2.21. The quantitative estimate of drug-likeness (QED) is 0.408. The molecule has 4 rings (SSSR count). The summed E-state index contributed by atoms with van der Waals surface area (Å²) >= 11 is 0. The van der Waals surface area contributed by atoms with Gasteiger partial charge in [-0.15, -0.1) is 5.10 Å². The van der Waals surface area contributed by atoms with Gasteiger partial charge in [-0.25, -0.2) is 13.9 Å². The number of benzene rings is 2. The first-order chi connectivity index (χ1) is 16.8. The molecule has 0 saturated heterocycles. The Morgan fingerprint density at radius 1 is 1.17 bits per heavy atom. The van der Waals surface area contributed by atoms with Gasteiger partial charge in [-0.3, -0.25) is 4.79 Å². The van der Waals surface area contributed by atoms with E-state index >= 15 is 0 Å². The third kappa shape index (κ3) is 4.75. The molecule has 2 aromatic heterocycles. The summed E-state index contributed by atoms with van der Waals surface area (Å²) in [5, 5.41) is 20.4. The molecule has 0 fully saturated rings. The van der Waals surface area contributed by atoms with E-state index in [4.69, 9.17) is 4.74 Å². The summed E-state index contributed by atoms with van der Waals surface area (Å²) in [7, 11) is 0. The van der Waals surface area contributed by atoms with Gasteiger partial charge in [-0.1, -0.05) is 17.3 Å². The molecular weight excluding hydrogens is 451 g/mol. The number of nitrogens with one attached hydrogen (secondary N) is 1. The van der Waals surface area contributed by atoms with E-state index in [0.29, 0.717) is 30.0 Å². The van der Waals surface area contributed by atoms with Crippen molar-refractivity contribution in [1.29, 1.82) is 5.26 Å². The van der Waals surface area contributed by atoms with Crippen LogP contribution in [0.4, 0.5) is 10.2 Å². The minimum atomic E-state index is -0.678. The van der Waals surface area contributed by atoms with E-state index in [1.807, 2.05) is 13.8 Å². The molecule has 10 heteroatoms. The monoisotopic (exact) mass is 474 g/mol. The Kier molecular flexibility index (Phi) is 6.59. The van der Waals surface area contributed by atoms with Crippen LogP contribution in [0.5, 0.6) is 0 Å². The van der Waals surface area contributed by atoms with Crippen molar-refractivity contribution in [2.24, 2.45) is 0 Å². The number of ether oxygens (including phenoxy) is 1. The summed E-state index contributed by atoms with van der Waals surface area (Å²) < 4.78 is 21.9. The molecule has 0 radical (unpaired) electrons. The third-order valence-electron chi connectivity index (χ3n) is 5.84. The lowest BCUT2D eigenvalue weighted by Crippen LogP contribution is -2.23. The molecule has 35 heavy (non-hydrogen) atoms. The van der Waals surface area contributed by atoms with Crippen molar-refractivity contribution in [2.75, 3.05) is 11.9 Å². The molecule has 0 aliphatic heterocycles. The first-order valence-corrected chi connectivity index (χ1v) is 11.0. The maximum absolute atomic E-state index is 13.3. The maximum Gasteiger partial charge on any atom is 0.338 e. The average Bonchev–Trinajstić information content (AvgIpc) is 3.37. The molecule has 4 aromatic rings. The molecule has 0 saturated carbocycles. The van der Waals surface area contributed by atoms with Gasteiger partial charge in [0.05, 0.1) is 16.6 Å². The Balaban J connectivity index is 1.48. The van der Waals surface area contributed by atoms with E-state index < -0.39 is 18.5 Å². The van der Waals surface area contributed by atoms with Gasteiger partial charge >= 0.3 is 5.97 Å². The Bertz CT molecular complexity index is 1460. The van der Waals surface area contributed by atoms with Crippen LogP contribution in [0, 0.1) is 31.0 Å². The number of carbonyl (C=O) groups excluding carboxylic acids is 2. The largest absolute Gasteiger partial charge is 0.452 e. The minimum Gasteiger partial charge on any atom is -0.452 e. The zero-order valence-electron chi connectivity index (χ0n) is 19.5. The minimum absolute atomic E-state index is 0.248. The van der Waals surface area contributed by atoms with Crippen molar-refractivity contribution in [1.82, 2.24) is 19.6 Å². The summed E-state index contributed by atoms with van der Waals surface area (Å²) in [6, 6.07) is 13.0. The number of nitrogens with zero attached hydrogens (tertiary/aromatic N) is 5. The van der Waals surface area contributed by atoms with E-state index in [1.165, 1.54) is 12.1 Å². The number of carbonyl (C=O) groups is 2. The smallest absolute Gasteiger partial charge is 0.338 e. The van der Waals surface area contributed by atoms with Crippen molar-refractivity contribution < 1.29 is 18.7 Å². The van der Waals surface area contributed by atoms with Gasteiger partial charge in [0.15, 0.2) is 6.61 Å². The lowest BCUT2D eigenvalue weighted by atomic mass is 10.2. The topological polar surface area (TPSA) is 115 Å². The van der Waals surface area contributed by atoms with Crippen LogP contribution in [0.15, 0.2) is 42.5 Å². The fraction of sp³-hybridized carbons (Fsp3) is 0.240. The molecule has 0 atom stereocenters. The second-order valence-electron chi connectivity index (χ2n) is 7.99. The molecule has 0 unspecified atom stereocenters. The van der Waals surface area contributed by atoms with Crippen LogP contribution in [-0.4, -0.2) is 38.0 Å². The second kappa shape index (κ2) is 9.77. The number of hydrogen-bond donors (Lipinski definition) is 1. The highest BCUT2D eigenvalue weighted by Crippen LogP contribution is 2.27. The van der Waals surface area contributed by atoms with Crippen LogP contribution in [-0.2, 0) is 22.6 Å². The normalized spacial score (nSPS) is 10.8. The lowest BCUT2D eigenvalue weighted by Gasteiger charge is -2.13. The number of aryl methyl sites for hydroxylation is 1. The Morgan fingerprint density at radius 2 is 1.91 bits per heavy atom. The summed E-state index contributed by atoms with van der Waals surface area (Å²) in [5.74, 6) is -1.32. The maximum atomic E-state index is 13.3. The van der Waals surface area contributed by atoms with Crippen LogP contribution in [0.3, 0.4) is 0 Å². The number of amides is 1. The van der Waals surface area contributed by atoms with Crippen molar-refractivity contribution in [3.05, 3.63) is 76.2 Å². The number of nitriles is 1. The number of hydrogen-bond acceptors (Lipinski definition) is 6. The Hall–Kier alpha value is -4.52. The summed E-state index contributed by atoms with van der Waals surface area (Å²) in [6.07, 6.45) is 0. The number of anilines is 1. The van der Waals surface area contributed by atoms with Gasteiger partial charge in [0.25, 0.3) is 5.91 Å². The van der Waals surface area contributed by atoms with Gasteiger partial charge in [-0.05, 0) is 62.2 Å². The molecule has 1 amide bonds. The molecule has 0 bridgehead atoms. The van der Waals surface area contributed by atoms with E-state index in [1.54, 1.807) is 46.5 Å². The molecular formula is C25H23FN6O3. The van der Waals surface area contributed by atoms with Gasteiger partial charge in [-0.2, -0.15) is 5.26 Å². The number of aromatic nitrogens is 4. The first-order valence-electron chi connectivity index (χ1n) is 11.0. The van der Waals surface area contributed by atoms with Crippen molar-refractivity contribution in [3.8, 4) is 6.07 Å². The third-order valence-corrected chi connectivity index (χ3v) is 5.84. The van der Waals surface area contributed by atoms with Crippen LogP contribution >= 0.6 is 0 Å². The molecule has 178 valence electrons. The van der Waals surface area contributed by atoms with Crippen molar-refractivity contribution in [3.63, 3.8) is 0 Å². The molecule has 1 N–H and O–H groups in total. The number of esters is 1. The first kappa shape index (κ1) is 23.6. The van der Waals surface area contributed by atoms with Crippen molar-refractivity contribution >= 4 is 28.7 Å². The molecule has 2 heterocycles. The van der Waals surface area contributed by atoms with E-state index in [-0.39, 0.29) is 11.4 Å². The van der Waals surface area contributed by atoms with E-state index in [0.717, 1.165) is 22.3 Å². The zero-order valence-corrected chi connectivity index (χ0v) is 19.5. The highest BCUT2D eigenvalue weighted by molar-refractivity contribution is 5.97. The SMILES string of the molecule is CCn1nnc2cc(C(=O)OCC(=O)Nc3c(C#N)c(C)c(C)n3Cc3ccc(F)cc3)ccc21. The molecule has 0 spiro atoms.